The molecule has 2 aromatic rings. The van der Waals surface area contributed by atoms with Crippen molar-refractivity contribution < 1.29 is 0 Å². The van der Waals surface area contributed by atoms with Gasteiger partial charge in [0.25, 0.3) is 0 Å². The molecule has 20 heavy (non-hydrogen) atoms. The summed E-state index contributed by atoms with van der Waals surface area (Å²) in [5.74, 6) is 1.15. The fourth-order valence-corrected chi connectivity index (χ4v) is 2.77. The van der Waals surface area contributed by atoms with Crippen molar-refractivity contribution in [2.75, 3.05) is 0 Å². The number of hydrogen-bond donors (Lipinski definition) is 1. The van der Waals surface area contributed by atoms with Gasteiger partial charge < -0.3 is 4.98 Å². The lowest BCUT2D eigenvalue weighted by atomic mass is 10.1. The van der Waals surface area contributed by atoms with E-state index in [0.717, 1.165) is 17.8 Å². The van der Waals surface area contributed by atoms with Gasteiger partial charge in [-0.1, -0.05) is 64.0 Å². The summed E-state index contributed by atoms with van der Waals surface area (Å²) in [6.07, 6.45) is 12.0. The molecule has 0 saturated carbocycles. The molecule has 0 saturated heterocycles. The molecule has 0 unspecified atom stereocenters. The van der Waals surface area contributed by atoms with Crippen molar-refractivity contribution >= 4 is 11.0 Å². The van der Waals surface area contributed by atoms with Gasteiger partial charge in [0.05, 0.1) is 11.0 Å². The van der Waals surface area contributed by atoms with E-state index in [0.29, 0.717) is 0 Å². The standard InChI is InChI=1S/C18H28N2/c1-3-4-5-6-7-8-9-10-14-17-19-16-13-11-12-15(2)18(16)20-17/h11-13H,3-10,14H2,1-2H3,(H,19,20). The molecule has 0 radical (unpaired) electrons. The number of aryl methyl sites for hydroxylation is 2. The molecule has 2 rings (SSSR count). The van der Waals surface area contributed by atoms with Gasteiger partial charge in [0.2, 0.25) is 0 Å². The van der Waals surface area contributed by atoms with Crippen LogP contribution in [-0.4, -0.2) is 9.97 Å². The largest absolute Gasteiger partial charge is 0.342 e. The molecular weight excluding hydrogens is 244 g/mol. The highest BCUT2D eigenvalue weighted by atomic mass is 14.9. The molecule has 110 valence electrons. The summed E-state index contributed by atoms with van der Waals surface area (Å²) in [7, 11) is 0. The predicted octanol–water partition coefficient (Wildman–Crippen LogP) is 5.55. The van der Waals surface area contributed by atoms with Crippen molar-refractivity contribution in [2.45, 2.75) is 71.6 Å². The predicted molar refractivity (Wildman–Crippen MR) is 87.1 cm³/mol. The molecule has 1 N–H and O–H groups in total. The second-order valence-corrected chi connectivity index (χ2v) is 5.88. The lowest BCUT2D eigenvalue weighted by Gasteiger charge is -2.00. The highest BCUT2D eigenvalue weighted by Gasteiger charge is 2.04. The van der Waals surface area contributed by atoms with Crippen molar-refractivity contribution in [3.63, 3.8) is 0 Å². The Morgan fingerprint density at radius 1 is 0.950 bits per heavy atom. The first-order chi connectivity index (χ1) is 9.81. The summed E-state index contributed by atoms with van der Waals surface area (Å²) in [5, 5.41) is 0. The summed E-state index contributed by atoms with van der Waals surface area (Å²) < 4.78 is 0. The fourth-order valence-electron chi connectivity index (χ4n) is 2.77. The van der Waals surface area contributed by atoms with Crippen molar-refractivity contribution in [1.29, 1.82) is 0 Å². The van der Waals surface area contributed by atoms with Crippen molar-refractivity contribution in [3.05, 3.63) is 29.6 Å². The van der Waals surface area contributed by atoms with Gasteiger partial charge in [-0.05, 0) is 25.0 Å². The quantitative estimate of drug-likeness (QED) is 0.595. The first-order valence-electron chi connectivity index (χ1n) is 8.25. The summed E-state index contributed by atoms with van der Waals surface area (Å²) in [5.41, 5.74) is 3.59. The third kappa shape index (κ3) is 4.36. The Morgan fingerprint density at radius 2 is 1.65 bits per heavy atom. The Hall–Kier alpha value is -1.31. The van der Waals surface area contributed by atoms with Crippen LogP contribution in [0, 0.1) is 6.92 Å². The van der Waals surface area contributed by atoms with E-state index in [1.54, 1.807) is 0 Å². The number of H-pyrrole nitrogens is 1. The maximum Gasteiger partial charge on any atom is 0.107 e. The number of rotatable bonds is 9. The number of benzene rings is 1. The number of unbranched alkanes of at least 4 members (excludes halogenated alkanes) is 7. The number of nitrogens with one attached hydrogen (secondary N) is 1. The first kappa shape index (κ1) is 15.1. The Balaban J connectivity index is 1.67. The van der Waals surface area contributed by atoms with Crippen molar-refractivity contribution in [2.24, 2.45) is 0 Å². The number of fused-ring (bicyclic) bond motifs is 1. The van der Waals surface area contributed by atoms with Crippen LogP contribution in [0.1, 0.15) is 69.7 Å². The smallest absolute Gasteiger partial charge is 0.107 e. The molecule has 0 fully saturated rings. The Kier molecular flexibility index (Phi) is 6.10. The lowest BCUT2D eigenvalue weighted by Crippen LogP contribution is -1.88. The molecule has 0 atom stereocenters. The van der Waals surface area contributed by atoms with Gasteiger partial charge in [-0.2, -0.15) is 0 Å². The van der Waals surface area contributed by atoms with Gasteiger partial charge in [-0.3, -0.25) is 0 Å². The highest BCUT2D eigenvalue weighted by Crippen LogP contribution is 2.17. The number of aromatic amines is 1. The van der Waals surface area contributed by atoms with Gasteiger partial charge in [-0.25, -0.2) is 4.98 Å². The number of hydrogen-bond acceptors (Lipinski definition) is 1. The van der Waals surface area contributed by atoms with Crippen LogP contribution >= 0.6 is 0 Å². The van der Waals surface area contributed by atoms with Crippen LogP contribution in [0.5, 0.6) is 0 Å². The zero-order valence-corrected chi connectivity index (χ0v) is 13.0. The number of aromatic nitrogens is 2. The molecule has 0 aliphatic heterocycles. The third-order valence-corrected chi connectivity index (χ3v) is 4.03. The van der Waals surface area contributed by atoms with Gasteiger partial charge >= 0.3 is 0 Å². The van der Waals surface area contributed by atoms with Crippen LogP contribution in [0.15, 0.2) is 18.2 Å². The van der Waals surface area contributed by atoms with E-state index in [9.17, 15) is 0 Å². The number of nitrogens with zero attached hydrogens (tertiary/aromatic N) is 1. The van der Waals surface area contributed by atoms with Crippen molar-refractivity contribution in [3.8, 4) is 0 Å². The van der Waals surface area contributed by atoms with Crippen LogP contribution < -0.4 is 0 Å². The van der Waals surface area contributed by atoms with E-state index in [2.05, 4.69) is 37.0 Å². The minimum Gasteiger partial charge on any atom is -0.342 e. The van der Waals surface area contributed by atoms with E-state index >= 15 is 0 Å². The third-order valence-electron chi connectivity index (χ3n) is 4.03. The second-order valence-electron chi connectivity index (χ2n) is 5.88. The topological polar surface area (TPSA) is 28.7 Å². The van der Waals surface area contributed by atoms with Crippen LogP contribution in [0.25, 0.3) is 11.0 Å². The van der Waals surface area contributed by atoms with Crippen LogP contribution in [0.3, 0.4) is 0 Å². The molecule has 1 aromatic carbocycles. The fraction of sp³-hybridized carbons (Fsp3) is 0.611. The second kappa shape index (κ2) is 8.08. The van der Waals surface area contributed by atoms with E-state index in [4.69, 9.17) is 4.98 Å². The Labute approximate surface area is 123 Å². The molecule has 0 spiro atoms. The molecule has 0 amide bonds. The molecule has 1 heterocycles. The molecule has 2 heteroatoms. The summed E-state index contributed by atoms with van der Waals surface area (Å²) in [4.78, 5) is 8.16. The average molecular weight is 272 g/mol. The summed E-state index contributed by atoms with van der Waals surface area (Å²) in [6, 6.07) is 6.34. The molecule has 0 aliphatic rings. The monoisotopic (exact) mass is 272 g/mol. The molecule has 0 bridgehead atoms. The molecule has 1 aromatic heterocycles. The number of para-hydroxylation sites is 1. The summed E-state index contributed by atoms with van der Waals surface area (Å²) >= 11 is 0. The van der Waals surface area contributed by atoms with E-state index in [1.165, 1.54) is 62.4 Å². The maximum absolute atomic E-state index is 4.72. The lowest BCUT2D eigenvalue weighted by molar-refractivity contribution is 0.573. The minimum atomic E-state index is 1.09. The normalized spacial score (nSPS) is 11.3. The average Bonchev–Trinajstić information content (AvgIpc) is 2.86. The first-order valence-corrected chi connectivity index (χ1v) is 8.25. The van der Waals surface area contributed by atoms with E-state index < -0.39 is 0 Å². The SMILES string of the molecule is CCCCCCCCCCc1nc2c(C)cccc2[nH]1. The number of imidazole rings is 1. The molecule has 2 nitrogen and oxygen atoms in total. The van der Waals surface area contributed by atoms with E-state index in [-0.39, 0.29) is 0 Å². The van der Waals surface area contributed by atoms with E-state index in [1.807, 2.05) is 0 Å². The van der Waals surface area contributed by atoms with Crippen LogP contribution in [-0.2, 0) is 6.42 Å². The minimum absolute atomic E-state index is 1.09. The molecular formula is C18H28N2. The van der Waals surface area contributed by atoms with Gasteiger partial charge in [-0.15, -0.1) is 0 Å². The zero-order chi connectivity index (χ0) is 14.2. The van der Waals surface area contributed by atoms with Gasteiger partial charge in [0.1, 0.15) is 5.82 Å². The molecule has 0 aliphatic carbocycles. The Bertz CT molecular complexity index is 513. The van der Waals surface area contributed by atoms with Crippen LogP contribution in [0.2, 0.25) is 0 Å². The Morgan fingerprint density at radius 3 is 2.35 bits per heavy atom. The maximum atomic E-state index is 4.72. The summed E-state index contributed by atoms with van der Waals surface area (Å²) in [6.45, 7) is 4.40. The van der Waals surface area contributed by atoms with Gasteiger partial charge in [0, 0.05) is 6.42 Å². The van der Waals surface area contributed by atoms with Crippen LogP contribution in [0.4, 0.5) is 0 Å². The van der Waals surface area contributed by atoms with Gasteiger partial charge in [0.15, 0.2) is 0 Å². The van der Waals surface area contributed by atoms with Crippen molar-refractivity contribution in [1.82, 2.24) is 9.97 Å². The zero-order valence-electron chi connectivity index (χ0n) is 13.0. The highest BCUT2D eigenvalue weighted by molar-refractivity contribution is 5.78.